The van der Waals surface area contributed by atoms with Crippen LogP contribution in [0.5, 0.6) is 0 Å². The van der Waals surface area contributed by atoms with Crippen LogP contribution in [0.15, 0.2) is 0 Å². The second-order valence-corrected chi connectivity index (χ2v) is 7.37. The Morgan fingerprint density at radius 2 is 1.47 bits per heavy atom. The fourth-order valence-corrected chi connectivity index (χ4v) is 4.94. The van der Waals surface area contributed by atoms with E-state index in [4.69, 9.17) is 5.73 Å². The lowest BCUT2D eigenvalue weighted by atomic mass is 9.81. The number of hydrogen-bond donors (Lipinski definition) is 1. The topological polar surface area (TPSA) is 29.3 Å². The second kappa shape index (κ2) is 6.58. The largest absolute Gasteiger partial charge is 0.330 e. The molecule has 3 aliphatic rings. The van der Waals surface area contributed by atoms with Crippen molar-refractivity contribution in [3.63, 3.8) is 0 Å². The zero-order valence-electron chi connectivity index (χ0n) is 12.5. The highest BCUT2D eigenvalue weighted by molar-refractivity contribution is 4.89. The Kier molecular flexibility index (Phi) is 4.81. The van der Waals surface area contributed by atoms with Crippen LogP contribution in [-0.4, -0.2) is 30.6 Å². The number of rotatable bonds is 4. The van der Waals surface area contributed by atoms with Crippen molar-refractivity contribution in [2.45, 2.75) is 70.3 Å². The van der Waals surface area contributed by atoms with Crippen LogP contribution in [0, 0.1) is 17.8 Å². The highest BCUT2D eigenvalue weighted by atomic mass is 15.2. The summed E-state index contributed by atoms with van der Waals surface area (Å²) in [6.45, 7) is 3.71. The van der Waals surface area contributed by atoms with E-state index in [1.54, 1.807) is 0 Å². The molecule has 2 heteroatoms. The van der Waals surface area contributed by atoms with Crippen LogP contribution in [-0.2, 0) is 0 Å². The first-order chi connectivity index (χ1) is 9.36. The molecule has 0 spiro atoms. The summed E-state index contributed by atoms with van der Waals surface area (Å²) in [5.41, 5.74) is 5.81. The average molecular weight is 264 g/mol. The first-order valence-corrected chi connectivity index (χ1v) is 8.81. The van der Waals surface area contributed by atoms with Gasteiger partial charge in [-0.05, 0) is 82.2 Å². The van der Waals surface area contributed by atoms with Crippen LogP contribution in [0.3, 0.4) is 0 Å². The van der Waals surface area contributed by atoms with Crippen LogP contribution in [0.1, 0.15) is 64.2 Å². The molecule has 0 aromatic rings. The smallest absolute Gasteiger partial charge is 0.0124 e. The molecule has 0 aromatic carbocycles. The zero-order valence-corrected chi connectivity index (χ0v) is 12.5. The number of likely N-dealkylation sites (tertiary alicyclic amines) is 1. The molecule has 0 bridgehead atoms. The lowest BCUT2D eigenvalue weighted by Gasteiger charge is -2.35. The van der Waals surface area contributed by atoms with Gasteiger partial charge < -0.3 is 5.73 Å². The van der Waals surface area contributed by atoms with E-state index in [1.807, 2.05) is 0 Å². The van der Waals surface area contributed by atoms with Crippen molar-refractivity contribution in [3.8, 4) is 0 Å². The molecular formula is C17H32N2. The van der Waals surface area contributed by atoms with Crippen molar-refractivity contribution >= 4 is 0 Å². The van der Waals surface area contributed by atoms with Gasteiger partial charge in [-0.1, -0.05) is 12.8 Å². The van der Waals surface area contributed by atoms with E-state index in [-0.39, 0.29) is 0 Å². The molecule has 3 fully saturated rings. The van der Waals surface area contributed by atoms with Crippen molar-refractivity contribution in [3.05, 3.63) is 0 Å². The van der Waals surface area contributed by atoms with E-state index in [1.165, 1.54) is 77.3 Å². The number of nitrogens with zero attached hydrogens (tertiary/aromatic N) is 1. The Morgan fingerprint density at radius 3 is 2.16 bits per heavy atom. The van der Waals surface area contributed by atoms with Crippen LogP contribution in [0.4, 0.5) is 0 Å². The summed E-state index contributed by atoms with van der Waals surface area (Å²) >= 11 is 0. The summed E-state index contributed by atoms with van der Waals surface area (Å²) in [5, 5.41) is 0. The molecule has 1 aliphatic heterocycles. The Morgan fingerprint density at radius 1 is 0.789 bits per heavy atom. The highest BCUT2D eigenvalue weighted by Crippen LogP contribution is 2.37. The molecule has 110 valence electrons. The maximum Gasteiger partial charge on any atom is 0.0124 e. The maximum atomic E-state index is 5.81. The zero-order chi connectivity index (χ0) is 13.1. The van der Waals surface area contributed by atoms with Crippen LogP contribution < -0.4 is 5.73 Å². The molecule has 0 amide bonds. The minimum Gasteiger partial charge on any atom is -0.330 e. The normalized spacial score (nSPS) is 38.1. The van der Waals surface area contributed by atoms with Crippen molar-refractivity contribution in [1.82, 2.24) is 4.90 Å². The molecule has 1 heterocycles. The fraction of sp³-hybridized carbons (Fsp3) is 1.00. The number of hydrogen-bond acceptors (Lipinski definition) is 2. The number of nitrogens with two attached hydrogens (primary N) is 1. The molecule has 1 atom stereocenters. The van der Waals surface area contributed by atoms with Gasteiger partial charge in [-0.25, -0.2) is 0 Å². The van der Waals surface area contributed by atoms with Gasteiger partial charge in [0, 0.05) is 12.6 Å². The summed E-state index contributed by atoms with van der Waals surface area (Å²) in [6, 6.07) is 0.953. The van der Waals surface area contributed by atoms with Gasteiger partial charge in [0.1, 0.15) is 0 Å². The quantitative estimate of drug-likeness (QED) is 0.843. The van der Waals surface area contributed by atoms with Crippen molar-refractivity contribution in [2.75, 3.05) is 19.6 Å². The minimum absolute atomic E-state index is 0.834. The third kappa shape index (κ3) is 3.33. The Bertz CT molecular complexity index is 264. The molecule has 2 aliphatic carbocycles. The molecule has 19 heavy (non-hydrogen) atoms. The predicted molar refractivity (Wildman–Crippen MR) is 81.1 cm³/mol. The first-order valence-electron chi connectivity index (χ1n) is 8.81. The second-order valence-electron chi connectivity index (χ2n) is 7.37. The van der Waals surface area contributed by atoms with Crippen molar-refractivity contribution in [1.29, 1.82) is 0 Å². The van der Waals surface area contributed by atoms with Crippen molar-refractivity contribution in [2.24, 2.45) is 23.5 Å². The molecule has 1 saturated heterocycles. The minimum atomic E-state index is 0.834. The maximum absolute atomic E-state index is 5.81. The van der Waals surface area contributed by atoms with Gasteiger partial charge in [-0.2, -0.15) is 0 Å². The molecular weight excluding hydrogens is 232 g/mol. The summed E-state index contributed by atoms with van der Waals surface area (Å²) < 4.78 is 0. The molecule has 3 rings (SSSR count). The van der Waals surface area contributed by atoms with Crippen LogP contribution in [0.25, 0.3) is 0 Å². The molecule has 2 nitrogen and oxygen atoms in total. The average Bonchev–Trinajstić information content (AvgIpc) is 3.10. The molecule has 1 unspecified atom stereocenters. The van der Waals surface area contributed by atoms with Crippen molar-refractivity contribution < 1.29 is 0 Å². The Hall–Kier alpha value is -0.0800. The van der Waals surface area contributed by atoms with Gasteiger partial charge in [0.2, 0.25) is 0 Å². The molecule has 0 aromatic heterocycles. The van der Waals surface area contributed by atoms with Gasteiger partial charge in [-0.15, -0.1) is 0 Å². The van der Waals surface area contributed by atoms with Crippen LogP contribution >= 0.6 is 0 Å². The van der Waals surface area contributed by atoms with E-state index in [9.17, 15) is 0 Å². The standard InChI is InChI=1S/C17H32N2/c18-12-14-7-9-15(10-8-14)13-19-11-3-6-17(19)16-4-1-2-5-16/h14-17H,1-13,18H2. The summed E-state index contributed by atoms with van der Waals surface area (Å²) in [6.07, 6.45) is 14.6. The Labute approximate surface area is 119 Å². The van der Waals surface area contributed by atoms with Gasteiger partial charge >= 0.3 is 0 Å². The summed E-state index contributed by atoms with van der Waals surface area (Å²) in [7, 11) is 0. The highest BCUT2D eigenvalue weighted by Gasteiger charge is 2.34. The predicted octanol–water partition coefficient (Wildman–Crippen LogP) is 3.41. The molecule has 0 radical (unpaired) electrons. The fourth-order valence-electron chi connectivity index (χ4n) is 4.94. The lowest BCUT2D eigenvalue weighted by molar-refractivity contribution is 0.139. The van der Waals surface area contributed by atoms with Gasteiger partial charge in [0.25, 0.3) is 0 Å². The van der Waals surface area contributed by atoms with Gasteiger partial charge in [0.05, 0.1) is 0 Å². The SMILES string of the molecule is NCC1CCC(CN2CCCC2C2CCCC2)CC1. The summed E-state index contributed by atoms with van der Waals surface area (Å²) in [5.74, 6) is 2.85. The van der Waals surface area contributed by atoms with E-state index < -0.39 is 0 Å². The summed E-state index contributed by atoms with van der Waals surface area (Å²) in [4.78, 5) is 2.88. The third-order valence-electron chi connectivity index (χ3n) is 6.15. The van der Waals surface area contributed by atoms with E-state index >= 15 is 0 Å². The monoisotopic (exact) mass is 264 g/mol. The van der Waals surface area contributed by atoms with Gasteiger partial charge in [-0.3, -0.25) is 4.90 Å². The van der Waals surface area contributed by atoms with E-state index in [0.29, 0.717) is 0 Å². The lowest BCUT2D eigenvalue weighted by Crippen LogP contribution is -2.39. The molecule has 2 N–H and O–H groups in total. The first kappa shape index (κ1) is 13.9. The molecule has 2 saturated carbocycles. The third-order valence-corrected chi connectivity index (χ3v) is 6.15. The Balaban J connectivity index is 1.48. The van der Waals surface area contributed by atoms with Crippen LogP contribution in [0.2, 0.25) is 0 Å². The van der Waals surface area contributed by atoms with Gasteiger partial charge in [0.15, 0.2) is 0 Å². The van der Waals surface area contributed by atoms with E-state index in [2.05, 4.69) is 4.90 Å². The van der Waals surface area contributed by atoms with E-state index in [0.717, 1.165) is 30.3 Å².